The lowest BCUT2D eigenvalue weighted by Gasteiger charge is -2.22. The molecule has 1 unspecified atom stereocenters. The van der Waals surface area contributed by atoms with Crippen molar-refractivity contribution in [2.45, 2.75) is 33.3 Å². The van der Waals surface area contributed by atoms with Crippen LogP contribution in [-0.2, 0) is 4.79 Å². The van der Waals surface area contributed by atoms with Gasteiger partial charge in [0.05, 0.1) is 20.8 Å². The third-order valence-corrected chi connectivity index (χ3v) is 5.83. The van der Waals surface area contributed by atoms with Gasteiger partial charge in [0.1, 0.15) is 11.5 Å². The summed E-state index contributed by atoms with van der Waals surface area (Å²) in [4.78, 5) is 14.9. The van der Waals surface area contributed by atoms with Gasteiger partial charge in [-0.05, 0) is 41.3 Å². The van der Waals surface area contributed by atoms with E-state index in [2.05, 4.69) is 20.8 Å². The van der Waals surface area contributed by atoms with Gasteiger partial charge >= 0.3 is 0 Å². The summed E-state index contributed by atoms with van der Waals surface area (Å²) in [6, 6.07) is 21.2. The molecule has 0 aromatic heterocycles. The number of rotatable bonds is 8. The van der Waals surface area contributed by atoms with Crippen molar-refractivity contribution < 1.29 is 23.7 Å². The molecule has 35 heavy (non-hydrogen) atoms. The maximum Gasteiger partial charge on any atom is 0.268 e. The molecule has 1 amide bonds. The normalized spacial score (nSPS) is 15.7. The fraction of sp³-hybridized carbons (Fsp3) is 0.345. The van der Waals surface area contributed by atoms with Crippen LogP contribution in [-0.4, -0.2) is 39.4 Å². The molecule has 1 aliphatic rings. The SMILES string of the molecule is COc1cc(N2CCC(Oc3ccc(-c4ccccc4OC)cc3)C2=O)ccc1OCC(C)(C)C. The lowest BCUT2D eigenvalue weighted by Crippen LogP contribution is -2.32. The number of carbonyl (C=O) groups excluding carboxylic acids is 1. The van der Waals surface area contributed by atoms with E-state index in [9.17, 15) is 4.79 Å². The Labute approximate surface area is 207 Å². The minimum Gasteiger partial charge on any atom is -0.496 e. The maximum absolute atomic E-state index is 13.1. The Bertz CT molecular complexity index is 1170. The monoisotopic (exact) mass is 475 g/mol. The van der Waals surface area contributed by atoms with Crippen LogP contribution in [0.2, 0.25) is 0 Å². The molecule has 3 aromatic rings. The summed E-state index contributed by atoms with van der Waals surface area (Å²) in [6.45, 7) is 7.49. The van der Waals surface area contributed by atoms with Crippen molar-refractivity contribution in [1.29, 1.82) is 0 Å². The van der Waals surface area contributed by atoms with E-state index in [4.69, 9.17) is 18.9 Å². The molecule has 6 heteroatoms. The Morgan fingerprint density at radius 1 is 0.886 bits per heavy atom. The Morgan fingerprint density at radius 3 is 2.29 bits per heavy atom. The Kier molecular flexibility index (Phi) is 7.20. The van der Waals surface area contributed by atoms with Crippen LogP contribution in [0.25, 0.3) is 11.1 Å². The van der Waals surface area contributed by atoms with E-state index < -0.39 is 6.10 Å². The van der Waals surface area contributed by atoms with Gasteiger partial charge < -0.3 is 23.8 Å². The van der Waals surface area contributed by atoms with Crippen LogP contribution in [0.5, 0.6) is 23.0 Å². The minimum atomic E-state index is -0.532. The van der Waals surface area contributed by atoms with Crippen LogP contribution >= 0.6 is 0 Å². The van der Waals surface area contributed by atoms with Gasteiger partial charge in [0.2, 0.25) is 0 Å². The van der Waals surface area contributed by atoms with E-state index in [-0.39, 0.29) is 11.3 Å². The molecular formula is C29H33NO5. The summed E-state index contributed by atoms with van der Waals surface area (Å²) in [5.74, 6) is 2.68. The van der Waals surface area contributed by atoms with Gasteiger partial charge in [-0.2, -0.15) is 0 Å². The highest BCUT2D eigenvalue weighted by molar-refractivity contribution is 5.99. The predicted octanol–water partition coefficient (Wildman–Crippen LogP) is 5.98. The number of ether oxygens (including phenoxy) is 4. The van der Waals surface area contributed by atoms with Gasteiger partial charge in [-0.15, -0.1) is 0 Å². The molecule has 1 atom stereocenters. The smallest absolute Gasteiger partial charge is 0.268 e. The third kappa shape index (κ3) is 5.70. The van der Waals surface area contributed by atoms with Crippen LogP contribution in [0.3, 0.4) is 0 Å². The average molecular weight is 476 g/mol. The van der Waals surface area contributed by atoms with E-state index in [1.807, 2.05) is 66.7 Å². The van der Waals surface area contributed by atoms with E-state index in [0.29, 0.717) is 36.8 Å². The summed E-state index contributed by atoms with van der Waals surface area (Å²) < 4.78 is 23.0. The molecule has 0 spiro atoms. The second-order valence-electron chi connectivity index (χ2n) is 9.79. The molecule has 184 valence electrons. The zero-order chi connectivity index (χ0) is 25.0. The molecule has 0 aliphatic carbocycles. The first kappa shape index (κ1) is 24.5. The molecule has 1 fully saturated rings. The topological polar surface area (TPSA) is 57.2 Å². The van der Waals surface area contributed by atoms with Gasteiger partial charge in [-0.1, -0.05) is 51.1 Å². The standard InChI is InChI=1S/C29H33NO5/c1-29(2,3)19-34-25-15-12-21(18-27(25)33-5)30-17-16-26(28(30)31)35-22-13-10-20(11-14-22)23-8-6-7-9-24(23)32-4/h6-15,18,26H,16-17,19H2,1-5H3. The molecule has 3 aromatic carbocycles. The third-order valence-electron chi connectivity index (χ3n) is 5.83. The lowest BCUT2D eigenvalue weighted by molar-refractivity contribution is -0.122. The maximum atomic E-state index is 13.1. The van der Waals surface area contributed by atoms with E-state index in [1.165, 1.54) is 0 Å². The first-order chi connectivity index (χ1) is 16.8. The molecule has 1 saturated heterocycles. The number of anilines is 1. The van der Waals surface area contributed by atoms with Gasteiger partial charge in [0.25, 0.3) is 5.91 Å². The van der Waals surface area contributed by atoms with E-state index >= 15 is 0 Å². The van der Waals surface area contributed by atoms with Gasteiger partial charge in [-0.25, -0.2) is 0 Å². The minimum absolute atomic E-state index is 0.0323. The predicted molar refractivity (Wildman–Crippen MR) is 138 cm³/mol. The van der Waals surface area contributed by atoms with Crippen molar-refractivity contribution in [3.8, 4) is 34.1 Å². The van der Waals surface area contributed by atoms with Crippen LogP contribution in [0.1, 0.15) is 27.2 Å². The number of para-hydroxylation sites is 1. The Hall–Kier alpha value is -3.67. The lowest BCUT2D eigenvalue weighted by atomic mass is 9.99. The zero-order valence-corrected chi connectivity index (χ0v) is 21.0. The molecular weight excluding hydrogens is 442 g/mol. The number of hydrogen-bond acceptors (Lipinski definition) is 5. The zero-order valence-electron chi connectivity index (χ0n) is 21.0. The number of hydrogen-bond donors (Lipinski definition) is 0. The fourth-order valence-electron chi connectivity index (χ4n) is 4.02. The number of benzene rings is 3. The Morgan fingerprint density at radius 2 is 1.60 bits per heavy atom. The molecule has 0 radical (unpaired) electrons. The summed E-state index contributed by atoms with van der Waals surface area (Å²) in [5, 5.41) is 0. The van der Waals surface area contributed by atoms with Gasteiger partial charge in [-0.3, -0.25) is 4.79 Å². The molecule has 0 N–H and O–H groups in total. The van der Waals surface area contributed by atoms with Crippen LogP contribution in [0, 0.1) is 5.41 Å². The highest BCUT2D eigenvalue weighted by atomic mass is 16.5. The number of nitrogens with zero attached hydrogens (tertiary/aromatic N) is 1. The quantitative estimate of drug-likeness (QED) is 0.401. The van der Waals surface area contributed by atoms with Gasteiger partial charge in [0.15, 0.2) is 17.6 Å². The van der Waals surface area contributed by atoms with E-state index in [1.54, 1.807) is 19.1 Å². The van der Waals surface area contributed by atoms with Crippen molar-refractivity contribution in [3.63, 3.8) is 0 Å². The van der Waals surface area contributed by atoms with Crippen LogP contribution < -0.4 is 23.8 Å². The van der Waals surface area contributed by atoms with Crippen LogP contribution in [0.4, 0.5) is 5.69 Å². The first-order valence-electron chi connectivity index (χ1n) is 11.8. The highest BCUT2D eigenvalue weighted by Crippen LogP contribution is 2.35. The summed E-state index contributed by atoms with van der Waals surface area (Å²) in [5.41, 5.74) is 2.83. The van der Waals surface area contributed by atoms with Crippen molar-refractivity contribution in [1.82, 2.24) is 0 Å². The number of methoxy groups -OCH3 is 2. The second-order valence-corrected chi connectivity index (χ2v) is 9.79. The molecule has 1 heterocycles. The molecule has 4 rings (SSSR count). The highest BCUT2D eigenvalue weighted by Gasteiger charge is 2.34. The van der Waals surface area contributed by atoms with Crippen molar-refractivity contribution in [2.75, 3.05) is 32.3 Å². The Balaban J connectivity index is 1.43. The summed E-state index contributed by atoms with van der Waals surface area (Å²) in [7, 11) is 3.27. The van der Waals surface area contributed by atoms with Gasteiger partial charge in [0, 0.05) is 30.3 Å². The van der Waals surface area contributed by atoms with Crippen molar-refractivity contribution in [2.24, 2.45) is 5.41 Å². The average Bonchev–Trinajstić information content (AvgIpc) is 3.22. The number of amides is 1. The fourth-order valence-corrected chi connectivity index (χ4v) is 4.02. The molecule has 0 saturated carbocycles. The molecule has 6 nitrogen and oxygen atoms in total. The summed E-state index contributed by atoms with van der Waals surface area (Å²) >= 11 is 0. The van der Waals surface area contributed by atoms with Crippen molar-refractivity contribution >= 4 is 11.6 Å². The molecule has 1 aliphatic heterocycles. The largest absolute Gasteiger partial charge is 0.496 e. The van der Waals surface area contributed by atoms with Crippen molar-refractivity contribution in [3.05, 3.63) is 66.7 Å². The summed E-state index contributed by atoms with van der Waals surface area (Å²) in [6.07, 6.45) is 0.0763. The second kappa shape index (κ2) is 10.3. The molecule has 0 bridgehead atoms. The van der Waals surface area contributed by atoms with Crippen LogP contribution in [0.15, 0.2) is 66.7 Å². The number of carbonyl (C=O) groups is 1. The van der Waals surface area contributed by atoms with E-state index in [0.717, 1.165) is 22.6 Å². The first-order valence-corrected chi connectivity index (χ1v) is 11.8.